The lowest BCUT2D eigenvalue weighted by atomic mass is 10.1. The number of rotatable bonds is 5. The molecule has 0 fully saturated rings. The predicted octanol–water partition coefficient (Wildman–Crippen LogP) is 2.02. The number of carbonyl (C=O) groups is 1. The van der Waals surface area contributed by atoms with Gasteiger partial charge >= 0.3 is 11.7 Å². The van der Waals surface area contributed by atoms with Gasteiger partial charge in [-0.25, -0.2) is 9.18 Å². The van der Waals surface area contributed by atoms with Crippen LogP contribution in [0.5, 0.6) is 5.75 Å². The largest absolute Gasteiger partial charge is 0.490 e. The van der Waals surface area contributed by atoms with E-state index in [-0.39, 0.29) is 11.4 Å². The second kappa shape index (κ2) is 5.09. The van der Waals surface area contributed by atoms with Crippen molar-refractivity contribution in [1.29, 1.82) is 0 Å². The van der Waals surface area contributed by atoms with E-state index in [2.05, 4.69) is 5.32 Å². The van der Waals surface area contributed by atoms with Gasteiger partial charge in [0.1, 0.15) is 5.54 Å². The van der Waals surface area contributed by atoms with Crippen LogP contribution in [0.3, 0.4) is 0 Å². The number of nitrogens with zero attached hydrogens (tertiary/aromatic N) is 1. The Balaban J connectivity index is 3.24. The number of nitrogens with one attached hydrogen (secondary N) is 1. The van der Waals surface area contributed by atoms with Crippen LogP contribution in [0.2, 0.25) is 0 Å². The average molecular weight is 272 g/mol. The zero-order valence-corrected chi connectivity index (χ0v) is 10.6. The highest BCUT2D eigenvalue weighted by atomic mass is 19.1. The Morgan fingerprint density at radius 3 is 2.53 bits per heavy atom. The molecule has 2 N–H and O–H groups in total. The van der Waals surface area contributed by atoms with Crippen molar-refractivity contribution >= 4 is 17.3 Å². The van der Waals surface area contributed by atoms with E-state index in [1.807, 2.05) is 0 Å². The average Bonchev–Trinajstić information content (AvgIpc) is 2.30. The third-order valence-corrected chi connectivity index (χ3v) is 2.45. The minimum absolute atomic E-state index is 0.157. The van der Waals surface area contributed by atoms with Crippen molar-refractivity contribution in [3.05, 3.63) is 28.1 Å². The Morgan fingerprint density at radius 2 is 2.11 bits per heavy atom. The van der Waals surface area contributed by atoms with Crippen LogP contribution in [0, 0.1) is 15.9 Å². The van der Waals surface area contributed by atoms with Crippen molar-refractivity contribution in [2.75, 3.05) is 12.4 Å². The molecule has 0 unspecified atom stereocenters. The number of hydrogen-bond acceptors (Lipinski definition) is 5. The van der Waals surface area contributed by atoms with E-state index in [0.717, 1.165) is 6.07 Å². The Bertz CT molecular complexity index is 530. The molecule has 8 heteroatoms. The summed E-state index contributed by atoms with van der Waals surface area (Å²) in [6.07, 6.45) is 0. The third-order valence-electron chi connectivity index (χ3n) is 2.45. The molecule has 0 saturated carbocycles. The summed E-state index contributed by atoms with van der Waals surface area (Å²) in [5, 5.41) is 22.1. The van der Waals surface area contributed by atoms with Gasteiger partial charge in [-0.15, -0.1) is 0 Å². The first-order chi connectivity index (χ1) is 8.69. The highest BCUT2D eigenvalue weighted by molar-refractivity contribution is 5.82. The molecule has 7 nitrogen and oxygen atoms in total. The van der Waals surface area contributed by atoms with Gasteiger partial charge in [-0.05, 0) is 13.8 Å². The molecule has 0 aliphatic heterocycles. The van der Waals surface area contributed by atoms with Crippen molar-refractivity contribution in [2.45, 2.75) is 19.4 Å². The Morgan fingerprint density at radius 1 is 1.53 bits per heavy atom. The molecule has 0 bridgehead atoms. The van der Waals surface area contributed by atoms with Gasteiger partial charge in [-0.2, -0.15) is 0 Å². The van der Waals surface area contributed by atoms with E-state index >= 15 is 0 Å². The van der Waals surface area contributed by atoms with Crippen LogP contribution in [0.1, 0.15) is 13.8 Å². The Labute approximate surface area is 108 Å². The van der Waals surface area contributed by atoms with Gasteiger partial charge in [0.15, 0.2) is 11.6 Å². The minimum atomic E-state index is -1.43. The van der Waals surface area contributed by atoms with Crippen molar-refractivity contribution < 1.29 is 24.0 Å². The van der Waals surface area contributed by atoms with Crippen LogP contribution in [-0.4, -0.2) is 28.6 Å². The molecule has 0 aromatic heterocycles. The zero-order chi connectivity index (χ0) is 14.8. The molecule has 1 rings (SSSR count). The van der Waals surface area contributed by atoms with Crippen molar-refractivity contribution in [3.63, 3.8) is 0 Å². The number of nitro benzene ring substituents is 1. The number of halogens is 1. The Kier molecular flexibility index (Phi) is 3.93. The molecule has 0 radical (unpaired) electrons. The fourth-order valence-electron chi connectivity index (χ4n) is 1.33. The summed E-state index contributed by atoms with van der Waals surface area (Å²) in [6, 6.07) is 1.73. The Hall–Kier alpha value is -2.38. The van der Waals surface area contributed by atoms with Crippen LogP contribution in [-0.2, 0) is 4.79 Å². The molecule has 0 amide bonds. The lowest BCUT2D eigenvalue weighted by Crippen LogP contribution is -2.40. The molecule has 0 aliphatic carbocycles. The minimum Gasteiger partial charge on any atom is -0.490 e. The number of carboxylic acids is 1. The lowest BCUT2D eigenvalue weighted by molar-refractivity contribution is -0.385. The van der Waals surface area contributed by atoms with E-state index in [0.29, 0.717) is 6.07 Å². The molecule has 0 aliphatic rings. The molecule has 0 saturated heterocycles. The molecular weight excluding hydrogens is 259 g/mol. The van der Waals surface area contributed by atoms with Gasteiger partial charge in [-0.1, -0.05) is 0 Å². The van der Waals surface area contributed by atoms with E-state index in [1.54, 1.807) is 0 Å². The molecule has 104 valence electrons. The summed E-state index contributed by atoms with van der Waals surface area (Å²) >= 11 is 0. The first-order valence-corrected chi connectivity index (χ1v) is 5.22. The number of anilines is 1. The second-order valence-electron chi connectivity index (χ2n) is 4.32. The fraction of sp³-hybridized carbons (Fsp3) is 0.364. The van der Waals surface area contributed by atoms with Gasteiger partial charge < -0.3 is 15.2 Å². The zero-order valence-electron chi connectivity index (χ0n) is 10.6. The van der Waals surface area contributed by atoms with Crippen LogP contribution < -0.4 is 10.1 Å². The number of ether oxygens (including phenoxy) is 1. The number of nitro groups is 1. The summed E-state index contributed by atoms with van der Waals surface area (Å²) < 4.78 is 18.5. The highest BCUT2D eigenvalue weighted by Gasteiger charge is 2.29. The number of benzene rings is 1. The number of hydrogen-bond donors (Lipinski definition) is 2. The van der Waals surface area contributed by atoms with E-state index in [4.69, 9.17) is 9.84 Å². The van der Waals surface area contributed by atoms with Gasteiger partial charge in [-0.3, -0.25) is 10.1 Å². The maximum atomic E-state index is 13.7. The number of methoxy groups -OCH3 is 1. The first kappa shape index (κ1) is 14.7. The van der Waals surface area contributed by atoms with Crippen LogP contribution in [0.25, 0.3) is 0 Å². The fourth-order valence-corrected chi connectivity index (χ4v) is 1.33. The number of aliphatic carboxylic acids is 1. The van der Waals surface area contributed by atoms with E-state index in [9.17, 15) is 19.3 Å². The van der Waals surface area contributed by atoms with Gasteiger partial charge in [0, 0.05) is 6.07 Å². The number of carboxylic acid groups (broad SMARTS) is 1. The van der Waals surface area contributed by atoms with Crippen LogP contribution in [0.4, 0.5) is 15.8 Å². The molecule has 19 heavy (non-hydrogen) atoms. The molecule has 0 heterocycles. The molecular formula is C11H13FN2O5. The van der Waals surface area contributed by atoms with Crippen molar-refractivity contribution in [2.24, 2.45) is 0 Å². The standard InChI is InChI=1S/C11H13FN2O5/c1-11(2,10(15)16)13-7-5-9(19-3)8(14(17)18)4-6(7)12/h4-5,13H,1-3H3,(H,15,16). The quantitative estimate of drug-likeness (QED) is 0.628. The first-order valence-electron chi connectivity index (χ1n) is 5.22. The molecule has 1 aromatic carbocycles. The predicted molar refractivity (Wildman–Crippen MR) is 64.9 cm³/mol. The summed E-state index contributed by atoms with van der Waals surface area (Å²) in [5.41, 5.74) is -2.14. The topological polar surface area (TPSA) is 102 Å². The van der Waals surface area contributed by atoms with Gasteiger partial charge in [0.2, 0.25) is 0 Å². The van der Waals surface area contributed by atoms with E-state index in [1.165, 1.54) is 21.0 Å². The summed E-state index contributed by atoms with van der Waals surface area (Å²) in [6.45, 7) is 2.67. The smallest absolute Gasteiger partial charge is 0.328 e. The summed E-state index contributed by atoms with van der Waals surface area (Å²) in [7, 11) is 1.20. The van der Waals surface area contributed by atoms with Gasteiger partial charge in [0.05, 0.1) is 23.8 Å². The van der Waals surface area contributed by atoms with Crippen molar-refractivity contribution in [3.8, 4) is 5.75 Å². The van der Waals surface area contributed by atoms with Gasteiger partial charge in [0.25, 0.3) is 0 Å². The third kappa shape index (κ3) is 3.09. The highest BCUT2D eigenvalue weighted by Crippen LogP contribution is 2.33. The monoisotopic (exact) mass is 272 g/mol. The maximum Gasteiger partial charge on any atom is 0.328 e. The maximum absolute atomic E-state index is 13.7. The lowest BCUT2D eigenvalue weighted by Gasteiger charge is -2.23. The summed E-state index contributed by atoms with van der Waals surface area (Å²) in [4.78, 5) is 20.8. The van der Waals surface area contributed by atoms with Crippen LogP contribution >= 0.6 is 0 Å². The van der Waals surface area contributed by atoms with Crippen molar-refractivity contribution in [1.82, 2.24) is 0 Å². The second-order valence-corrected chi connectivity index (χ2v) is 4.32. The SMILES string of the molecule is COc1cc(NC(C)(C)C(=O)O)c(F)cc1[N+](=O)[O-]. The molecule has 0 atom stereocenters. The van der Waals surface area contributed by atoms with Crippen LogP contribution in [0.15, 0.2) is 12.1 Å². The summed E-state index contributed by atoms with van der Waals surface area (Å²) in [5.74, 6) is -2.28. The molecule has 0 spiro atoms. The normalized spacial score (nSPS) is 10.9. The molecule has 1 aromatic rings. The van der Waals surface area contributed by atoms with E-state index < -0.39 is 27.9 Å².